The number of hydrogen-bond acceptors (Lipinski definition) is 4. The minimum absolute atomic E-state index is 0.0121. The first-order valence-corrected chi connectivity index (χ1v) is 10.5. The van der Waals surface area contributed by atoms with Crippen molar-refractivity contribution in [1.82, 2.24) is 9.97 Å². The Hall–Kier alpha value is -3.12. The molecule has 0 radical (unpaired) electrons. The van der Waals surface area contributed by atoms with Crippen LogP contribution in [0.25, 0.3) is 22.2 Å². The lowest BCUT2D eigenvalue weighted by atomic mass is 10.1. The zero-order chi connectivity index (χ0) is 20.2. The van der Waals surface area contributed by atoms with Crippen LogP contribution < -0.4 is 10.1 Å². The van der Waals surface area contributed by atoms with Crippen LogP contribution in [0.1, 0.15) is 24.0 Å². The number of thiazole rings is 1. The van der Waals surface area contributed by atoms with E-state index in [1.807, 2.05) is 48.8 Å². The van der Waals surface area contributed by atoms with E-state index in [2.05, 4.69) is 27.4 Å². The number of carbonyl (C=O) groups excluding carboxylic acids is 1. The van der Waals surface area contributed by atoms with Crippen LogP contribution in [0, 0.1) is 6.92 Å². The van der Waals surface area contributed by atoms with E-state index in [9.17, 15) is 4.79 Å². The van der Waals surface area contributed by atoms with Gasteiger partial charge < -0.3 is 15.0 Å². The second kappa shape index (κ2) is 8.49. The minimum atomic E-state index is -0.0121. The first kappa shape index (κ1) is 19.2. The van der Waals surface area contributed by atoms with Crippen molar-refractivity contribution in [3.05, 3.63) is 65.2 Å². The molecule has 0 saturated heterocycles. The summed E-state index contributed by atoms with van der Waals surface area (Å²) in [6.45, 7) is 2.03. The molecule has 2 aromatic heterocycles. The highest BCUT2D eigenvalue weighted by Gasteiger charge is 2.12. The number of hydrogen-bond donors (Lipinski definition) is 2. The lowest BCUT2D eigenvalue weighted by molar-refractivity contribution is -0.116. The second-order valence-electron chi connectivity index (χ2n) is 7.00. The fraction of sp³-hybridized carbons (Fsp3) is 0.217. The first-order chi connectivity index (χ1) is 14.1. The number of aryl methyl sites for hydroxylation is 2. The zero-order valence-corrected chi connectivity index (χ0v) is 17.3. The molecule has 29 heavy (non-hydrogen) atoms. The number of nitrogens with zero attached hydrogens (tertiary/aromatic N) is 1. The van der Waals surface area contributed by atoms with Gasteiger partial charge in [0.25, 0.3) is 0 Å². The third kappa shape index (κ3) is 4.32. The summed E-state index contributed by atoms with van der Waals surface area (Å²) in [7, 11) is 1.65. The first-order valence-electron chi connectivity index (χ1n) is 9.59. The van der Waals surface area contributed by atoms with Gasteiger partial charge in [-0.25, -0.2) is 4.98 Å². The molecule has 4 rings (SSSR count). The van der Waals surface area contributed by atoms with Crippen molar-refractivity contribution >= 4 is 33.3 Å². The van der Waals surface area contributed by atoms with Crippen LogP contribution in [-0.4, -0.2) is 23.0 Å². The van der Waals surface area contributed by atoms with Crippen LogP contribution in [0.3, 0.4) is 0 Å². The molecule has 2 heterocycles. The van der Waals surface area contributed by atoms with Crippen LogP contribution in [0.15, 0.2) is 54.0 Å². The summed E-state index contributed by atoms with van der Waals surface area (Å²) in [5.41, 5.74) is 5.26. The molecule has 0 aliphatic carbocycles. The van der Waals surface area contributed by atoms with Crippen LogP contribution in [-0.2, 0) is 11.2 Å². The maximum absolute atomic E-state index is 12.4. The third-order valence-corrected chi connectivity index (χ3v) is 5.66. The Morgan fingerprint density at radius 3 is 2.97 bits per heavy atom. The van der Waals surface area contributed by atoms with Crippen molar-refractivity contribution in [3.63, 3.8) is 0 Å². The lowest BCUT2D eigenvalue weighted by Crippen LogP contribution is -2.11. The molecular weight excluding hydrogens is 382 g/mol. The summed E-state index contributed by atoms with van der Waals surface area (Å²) < 4.78 is 5.44. The molecule has 0 spiro atoms. The van der Waals surface area contributed by atoms with Gasteiger partial charge in [-0.2, -0.15) is 0 Å². The van der Waals surface area contributed by atoms with Crippen LogP contribution >= 0.6 is 11.3 Å². The van der Waals surface area contributed by atoms with E-state index in [1.165, 1.54) is 22.3 Å². The van der Waals surface area contributed by atoms with Crippen molar-refractivity contribution in [1.29, 1.82) is 0 Å². The maximum Gasteiger partial charge on any atom is 0.226 e. The average molecular weight is 406 g/mol. The molecule has 6 heteroatoms. The molecule has 0 bridgehead atoms. The Morgan fingerprint density at radius 2 is 2.10 bits per heavy atom. The lowest BCUT2D eigenvalue weighted by Gasteiger charge is -2.07. The third-order valence-electron chi connectivity index (χ3n) is 4.91. The Kier molecular flexibility index (Phi) is 5.62. The van der Waals surface area contributed by atoms with Gasteiger partial charge >= 0.3 is 0 Å². The van der Waals surface area contributed by atoms with Gasteiger partial charge in [0, 0.05) is 34.5 Å². The molecule has 4 aromatic rings. The highest BCUT2D eigenvalue weighted by atomic mass is 32.1. The van der Waals surface area contributed by atoms with Crippen LogP contribution in [0.2, 0.25) is 0 Å². The number of rotatable bonds is 7. The molecule has 2 aromatic carbocycles. The summed E-state index contributed by atoms with van der Waals surface area (Å²) in [5.74, 6) is 0.763. The number of amides is 1. The molecule has 148 valence electrons. The van der Waals surface area contributed by atoms with Crippen LogP contribution in [0.4, 0.5) is 5.13 Å². The Bertz CT molecular complexity index is 1150. The monoisotopic (exact) mass is 405 g/mol. The highest BCUT2D eigenvalue weighted by molar-refractivity contribution is 7.14. The zero-order valence-electron chi connectivity index (χ0n) is 16.5. The Balaban J connectivity index is 1.35. The van der Waals surface area contributed by atoms with Gasteiger partial charge in [-0.05, 0) is 43.5 Å². The molecule has 0 aliphatic heterocycles. The predicted molar refractivity (Wildman–Crippen MR) is 119 cm³/mol. The largest absolute Gasteiger partial charge is 0.496 e. The number of aromatic nitrogens is 2. The molecule has 1 amide bonds. The maximum atomic E-state index is 12.4. The van der Waals surface area contributed by atoms with E-state index in [1.54, 1.807) is 7.11 Å². The number of para-hydroxylation sites is 1. The quantitative estimate of drug-likeness (QED) is 0.422. The van der Waals surface area contributed by atoms with Gasteiger partial charge in [-0.15, -0.1) is 11.3 Å². The SMILES string of the molecule is COc1ccc(C)cc1-c1csc(NC(=O)CCCc2c[nH]c3ccccc23)n1. The smallest absolute Gasteiger partial charge is 0.226 e. The number of H-pyrrole nitrogens is 1. The number of aromatic amines is 1. The summed E-state index contributed by atoms with van der Waals surface area (Å²) in [6.07, 6.45) is 4.14. The number of nitrogens with one attached hydrogen (secondary N) is 2. The van der Waals surface area contributed by atoms with Gasteiger partial charge in [0.1, 0.15) is 5.75 Å². The molecule has 2 N–H and O–H groups in total. The van der Waals surface area contributed by atoms with Crippen molar-refractivity contribution in [2.45, 2.75) is 26.2 Å². The molecule has 0 atom stereocenters. The van der Waals surface area contributed by atoms with E-state index < -0.39 is 0 Å². The fourth-order valence-electron chi connectivity index (χ4n) is 3.44. The summed E-state index contributed by atoms with van der Waals surface area (Å²) >= 11 is 1.43. The van der Waals surface area contributed by atoms with E-state index in [-0.39, 0.29) is 5.91 Å². The number of carbonyl (C=O) groups is 1. The van der Waals surface area contributed by atoms with Gasteiger partial charge in [0.15, 0.2) is 5.13 Å². The van der Waals surface area contributed by atoms with Gasteiger partial charge in [0.2, 0.25) is 5.91 Å². The summed E-state index contributed by atoms with van der Waals surface area (Å²) in [6, 6.07) is 14.2. The van der Waals surface area contributed by atoms with E-state index in [4.69, 9.17) is 4.74 Å². The topological polar surface area (TPSA) is 67.0 Å². The minimum Gasteiger partial charge on any atom is -0.496 e. The molecule has 0 saturated carbocycles. The predicted octanol–water partition coefficient (Wildman–Crippen LogP) is 5.57. The molecule has 0 unspecified atom stereocenters. The number of fused-ring (bicyclic) bond motifs is 1. The fourth-order valence-corrected chi connectivity index (χ4v) is 4.16. The molecule has 0 fully saturated rings. The van der Waals surface area contributed by atoms with Crippen molar-refractivity contribution in [2.24, 2.45) is 0 Å². The van der Waals surface area contributed by atoms with Crippen molar-refractivity contribution in [2.75, 3.05) is 12.4 Å². The van der Waals surface area contributed by atoms with E-state index in [0.717, 1.165) is 40.9 Å². The van der Waals surface area contributed by atoms with Gasteiger partial charge in [0.05, 0.1) is 12.8 Å². The molecular formula is C23H23N3O2S. The Labute approximate surface area is 173 Å². The Morgan fingerprint density at radius 1 is 1.24 bits per heavy atom. The van der Waals surface area contributed by atoms with Crippen molar-refractivity contribution in [3.8, 4) is 17.0 Å². The van der Waals surface area contributed by atoms with Gasteiger partial charge in [-0.1, -0.05) is 29.8 Å². The molecule has 0 aliphatic rings. The summed E-state index contributed by atoms with van der Waals surface area (Å²) in [4.78, 5) is 20.2. The second-order valence-corrected chi connectivity index (χ2v) is 7.86. The number of methoxy groups -OCH3 is 1. The van der Waals surface area contributed by atoms with E-state index >= 15 is 0 Å². The highest BCUT2D eigenvalue weighted by Crippen LogP contribution is 2.33. The average Bonchev–Trinajstić information content (AvgIpc) is 3.35. The number of anilines is 1. The number of ether oxygens (including phenoxy) is 1. The van der Waals surface area contributed by atoms with Crippen LogP contribution in [0.5, 0.6) is 5.75 Å². The summed E-state index contributed by atoms with van der Waals surface area (Å²) in [5, 5.41) is 6.70. The van der Waals surface area contributed by atoms with Crippen molar-refractivity contribution < 1.29 is 9.53 Å². The standard InChI is InChI=1S/C23H23N3O2S/c1-15-10-11-21(28-2)18(12-15)20-14-29-23(25-20)26-22(27)9-5-6-16-13-24-19-8-4-3-7-17(16)19/h3-4,7-8,10-14,24H,5-6,9H2,1-2H3,(H,25,26,27). The van der Waals surface area contributed by atoms with Gasteiger partial charge in [-0.3, -0.25) is 4.79 Å². The molecule has 5 nitrogen and oxygen atoms in total. The number of benzene rings is 2. The normalized spacial score (nSPS) is 11.0. The van der Waals surface area contributed by atoms with E-state index in [0.29, 0.717) is 11.6 Å².